The molecule has 5 nitrogen and oxygen atoms in total. The molecule has 0 bridgehead atoms. The number of carbonyl (C=O) groups excluding carboxylic acids is 2. The molecule has 0 saturated heterocycles. The summed E-state index contributed by atoms with van der Waals surface area (Å²) >= 11 is 1.53. The first-order valence-corrected chi connectivity index (χ1v) is 8.59. The van der Waals surface area contributed by atoms with Crippen LogP contribution in [0.5, 0.6) is 0 Å². The Morgan fingerprint density at radius 2 is 2.00 bits per heavy atom. The molecule has 0 fully saturated rings. The van der Waals surface area contributed by atoms with Gasteiger partial charge in [-0.15, -0.1) is 11.3 Å². The molecule has 0 saturated carbocycles. The maximum absolute atomic E-state index is 12.3. The molecule has 0 unspecified atom stereocenters. The third kappa shape index (κ3) is 5.03. The number of hydrazone groups is 1. The number of benzene rings is 1. The number of nitrogens with one attached hydrogen (secondary N) is 2. The summed E-state index contributed by atoms with van der Waals surface area (Å²) in [5.74, 6) is -0.663. The Morgan fingerprint density at radius 3 is 2.62 bits per heavy atom. The summed E-state index contributed by atoms with van der Waals surface area (Å²) in [4.78, 5) is 25.6. The molecule has 0 spiro atoms. The van der Waals surface area contributed by atoms with Crippen molar-refractivity contribution in [3.63, 3.8) is 0 Å². The van der Waals surface area contributed by atoms with Crippen LogP contribution in [-0.2, 0) is 4.79 Å². The molecule has 0 radical (unpaired) electrons. The highest BCUT2D eigenvalue weighted by molar-refractivity contribution is 7.11. The first-order valence-electron chi connectivity index (χ1n) is 7.71. The molecule has 0 aliphatic carbocycles. The summed E-state index contributed by atoms with van der Waals surface area (Å²) in [5.41, 5.74) is 4.02. The maximum atomic E-state index is 12.3. The Kier molecular flexibility index (Phi) is 6.26. The summed E-state index contributed by atoms with van der Waals surface area (Å²) < 4.78 is 0. The van der Waals surface area contributed by atoms with Crippen molar-refractivity contribution in [2.75, 3.05) is 0 Å². The molecule has 2 rings (SSSR count). The average molecular weight is 343 g/mol. The molecule has 0 aliphatic rings. The lowest BCUT2D eigenvalue weighted by Crippen LogP contribution is -2.48. The van der Waals surface area contributed by atoms with E-state index in [9.17, 15) is 9.59 Å². The zero-order chi connectivity index (χ0) is 17.5. The lowest BCUT2D eigenvalue weighted by Gasteiger charge is -2.20. The third-order valence-corrected chi connectivity index (χ3v) is 4.23. The largest absolute Gasteiger partial charge is 0.340 e. The van der Waals surface area contributed by atoms with Gasteiger partial charge in [0.15, 0.2) is 0 Å². The van der Waals surface area contributed by atoms with E-state index in [4.69, 9.17) is 0 Å². The Balaban J connectivity index is 2.00. The van der Waals surface area contributed by atoms with Crippen LogP contribution in [0.15, 0.2) is 46.9 Å². The van der Waals surface area contributed by atoms with Gasteiger partial charge in [0.1, 0.15) is 6.04 Å². The fraction of sp³-hybridized carbons (Fsp3) is 0.278. The van der Waals surface area contributed by atoms with Crippen LogP contribution in [0.25, 0.3) is 0 Å². The van der Waals surface area contributed by atoms with E-state index >= 15 is 0 Å². The summed E-state index contributed by atoms with van der Waals surface area (Å²) in [7, 11) is 0. The Morgan fingerprint density at radius 1 is 1.21 bits per heavy atom. The molecule has 1 atom stereocenters. The minimum absolute atomic E-state index is 0.0595. The van der Waals surface area contributed by atoms with Crippen molar-refractivity contribution in [3.05, 3.63) is 57.8 Å². The number of aryl methyl sites for hydroxylation is 1. The van der Waals surface area contributed by atoms with Crippen LogP contribution in [0.2, 0.25) is 0 Å². The van der Waals surface area contributed by atoms with E-state index in [0.717, 1.165) is 10.4 Å². The molecule has 2 N–H and O–H groups in total. The predicted molar refractivity (Wildman–Crippen MR) is 97.3 cm³/mol. The fourth-order valence-electron chi connectivity index (χ4n) is 2.14. The number of nitrogens with zero attached hydrogens (tertiary/aromatic N) is 1. The second-order valence-corrected chi connectivity index (χ2v) is 6.79. The molecule has 0 aliphatic heterocycles. The van der Waals surface area contributed by atoms with Crippen molar-refractivity contribution < 1.29 is 9.59 Å². The molecule has 1 aromatic carbocycles. The zero-order valence-electron chi connectivity index (χ0n) is 13.9. The van der Waals surface area contributed by atoms with Gasteiger partial charge in [0.05, 0.1) is 6.21 Å². The van der Waals surface area contributed by atoms with Gasteiger partial charge >= 0.3 is 0 Å². The summed E-state index contributed by atoms with van der Waals surface area (Å²) in [6, 6.07) is 10.4. The van der Waals surface area contributed by atoms with Crippen molar-refractivity contribution in [1.29, 1.82) is 0 Å². The van der Waals surface area contributed by atoms with Gasteiger partial charge in [-0.25, -0.2) is 5.43 Å². The van der Waals surface area contributed by atoms with Gasteiger partial charge < -0.3 is 5.32 Å². The van der Waals surface area contributed by atoms with E-state index in [0.29, 0.717) is 5.56 Å². The second kappa shape index (κ2) is 8.40. The lowest BCUT2D eigenvalue weighted by atomic mass is 10.0. The lowest BCUT2D eigenvalue weighted by molar-refractivity contribution is -0.123. The van der Waals surface area contributed by atoms with Gasteiger partial charge in [-0.3, -0.25) is 9.59 Å². The van der Waals surface area contributed by atoms with Gasteiger partial charge in [-0.1, -0.05) is 37.6 Å². The number of rotatable bonds is 6. The molecular weight excluding hydrogens is 322 g/mol. The highest BCUT2D eigenvalue weighted by Crippen LogP contribution is 2.08. The molecule has 1 heterocycles. The van der Waals surface area contributed by atoms with Crippen molar-refractivity contribution >= 4 is 29.4 Å². The quantitative estimate of drug-likeness (QED) is 0.625. The summed E-state index contributed by atoms with van der Waals surface area (Å²) in [6.45, 7) is 5.68. The second-order valence-electron chi connectivity index (χ2n) is 5.81. The number of amides is 2. The van der Waals surface area contributed by atoms with Gasteiger partial charge in [0, 0.05) is 10.4 Å². The molecule has 24 heavy (non-hydrogen) atoms. The molecule has 2 aromatic rings. The monoisotopic (exact) mass is 343 g/mol. The third-order valence-electron chi connectivity index (χ3n) is 3.43. The van der Waals surface area contributed by atoms with E-state index in [1.54, 1.807) is 18.3 Å². The summed E-state index contributed by atoms with van der Waals surface area (Å²) in [5, 5.41) is 8.66. The van der Waals surface area contributed by atoms with Crippen LogP contribution in [0, 0.1) is 12.8 Å². The minimum Gasteiger partial charge on any atom is -0.340 e. The standard InChI is InChI=1S/C18H21N3O2S/c1-12(2)16(18(23)21-19-11-15-8-5-9-24-15)20-17(22)14-7-4-6-13(3)10-14/h4-12,16H,1-3H3,(H,20,22)(H,21,23)/b19-11-/t16-/m0/s1. The molecule has 6 heteroatoms. The van der Waals surface area contributed by atoms with Crippen molar-refractivity contribution in [2.24, 2.45) is 11.0 Å². The highest BCUT2D eigenvalue weighted by Gasteiger charge is 2.24. The molecule has 2 amide bonds. The molecular formula is C18H21N3O2S. The van der Waals surface area contributed by atoms with Gasteiger partial charge in [-0.05, 0) is 36.4 Å². The first kappa shape index (κ1) is 17.9. The van der Waals surface area contributed by atoms with E-state index in [1.807, 2.05) is 50.4 Å². The highest BCUT2D eigenvalue weighted by atomic mass is 32.1. The van der Waals surface area contributed by atoms with Crippen LogP contribution < -0.4 is 10.7 Å². The molecule has 1 aromatic heterocycles. The Labute approximate surface area is 145 Å². The number of thiophene rings is 1. The zero-order valence-corrected chi connectivity index (χ0v) is 14.8. The topological polar surface area (TPSA) is 70.6 Å². The number of hydrogen-bond donors (Lipinski definition) is 2. The number of hydrogen-bond acceptors (Lipinski definition) is 4. The van der Waals surface area contributed by atoms with Crippen molar-refractivity contribution in [2.45, 2.75) is 26.8 Å². The average Bonchev–Trinajstić information content (AvgIpc) is 3.05. The van der Waals surface area contributed by atoms with Crippen LogP contribution >= 0.6 is 11.3 Å². The number of carbonyl (C=O) groups is 2. The van der Waals surface area contributed by atoms with Crippen LogP contribution in [-0.4, -0.2) is 24.1 Å². The van der Waals surface area contributed by atoms with Gasteiger partial charge in [0.2, 0.25) is 0 Å². The van der Waals surface area contributed by atoms with E-state index < -0.39 is 6.04 Å². The summed E-state index contributed by atoms with van der Waals surface area (Å²) in [6.07, 6.45) is 1.59. The SMILES string of the molecule is Cc1cccc(C(=O)N[C@H](C(=O)N/N=C\c2cccs2)C(C)C)c1. The predicted octanol–water partition coefficient (Wildman–Crippen LogP) is 2.96. The van der Waals surface area contributed by atoms with Crippen LogP contribution in [0.3, 0.4) is 0 Å². The fourth-order valence-corrected chi connectivity index (χ4v) is 2.72. The van der Waals surface area contributed by atoms with Gasteiger partial charge in [0.25, 0.3) is 11.8 Å². The van der Waals surface area contributed by atoms with E-state index in [1.165, 1.54) is 11.3 Å². The minimum atomic E-state index is -0.654. The van der Waals surface area contributed by atoms with Crippen LogP contribution in [0.4, 0.5) is 0 Å². The Hall–Kier alpha value is -2.47. The van der Waals surface area contributed by atoms with Crippen molar-refractivity contribution in [1.82, 2.24) is 10.7 Å². The smallest absolute Gasteiger partial charge is 0.262 e. The van der Waals surface area contributed by atoms with E-state index in [2.05, 4.69) is 15.8 Å². The van der Waals surface area contributed by atoms with Crippen LogP contribution in [0.1, 0.15) is 34.6 Å². The van der Waals surface area contributed by atoms with Crippen molar-refractivity contribution in [3.8, 4) is 0 Å². The maximum Gasteiger partial charge on any atom is 0.262 e. The van der Waals surface area contributed by atoms with E-state index in [-0.39, 0.29) is 17.7 Å². The van der Waals surface area contributed by atoms with Gasteiger partial charge in [-0.2, -0.15) is 5.10 Å². The first-order chi connectivity index (χ1) is 11.5. The molecule has 126 valence electrons. The Bertz CT molecular complexity index is 724. The normalized spacial score (nSPS) is 12.3.